The predicted molar refractivity (Wildman–Crippen MR) is 86.3 cm³/mol. The summed E-state index contributed by atoms with van der Waals surface area (Å²) in [6, 6.07) is 11.1. The molecule has 3 nitrogen and oxygen atoms in total. The van der Waals surface area contributed by atoms with Crippen molar-refractivity contribution in [3.8, 4) is 0 Å². The predicted octanol–water partition coefficient (Wildman–Crippen LogP) is 4.36. The monoisotopic (exact) mass is 314 g/mol. The SMILES string of the molecule is CC(C)(C(=O)Nc1c(F)cccc1F)c1c[nH]c2ccccc12. The van der Waals surface area contributed by atoms with Crippen LogP contribution in [0.5, 0.6) is 0 Å². The van der Waals surface area contributed by atoms with E-state index in [9.17, 15) is 13.6 Å². The molecular weight excluding hydrogens is 298 g/mol. The van der Waals surface area contributed by atoms with Gasteiger partial charge in [-0.25, -0.2) is 8.78 Å². The number of amides is 1. The van der Waals surface area contributed by atoms with E-state index in [1.54, 1.807) is 20.0 Å². The van der Waals surface area contributed by atoms with E-state index < -0.39 is 28.6 Å². The van der Waals surface area contributed by atoms with Gasteiger partial charge in [-0.05, 0) is 37.6 Å². The van der Waals surface area contributed by atoms with Crippen molar-refractivity contribution >= 4 is 22.5 Å². The summed E-state index contributed by atoms with van der Waals surface area (Å²) in [4.78, 5) is 15.7. The fraction of sp³-hybridized carbons (Fsp3) is 0.167. The molecule has 0 bridgehead atoms. The van der Waals surface area contributed by atoms with Crippen LogP contribution in [0.25, 0.3) is 10.9 Å². The van der Waals surface area contributed by atoms with E-state index >= 15 is 0 Å². The van der Waals surface area contributed by atoms with Crippen LogP contribution in [0, 0.1) is 11.6 Å². The van der Waals surface area contributed by atoms with Crippen molar-refractivity contribution in [3.05, 3.63) is 65.9 Å². The van der Waals surface area contributed by atoms with Crippen LogP contribution in [-0.2, 0) is 10.2 Å². The molecule has 2 aromatic carbocycles. The first-order chi connectivity index (χ1) is 10.9. The molecule has 0 aliphatic rings. The molecular formula is C18H16F2N2O. The Hall–Kier alpha value is -2.69. The minimum absolute atomic E-state index is 0.426. The zero-order valence-corrected chi connectivity index (χ0v) is 12.8. The molecule has 0 fully saturated rings. The third-order valence-electron chi connectivity index (χ3n) is 4.03. The number of hydrogen-bond acceptors (Lipinski definition) is 1. The molecule has 1 amide bonds. The normalized spacial score (nSPS) is 11.7. The van der Waals surface area contributed by atoms with Crippen LogP contribution in [0.2, 0.25) is 0 Å². The van der Waals surface area contributed by atoms with Crippen molar-refractivity contribution in [1.82, 2.24) is 4.98 Å². The van der Waals surface area contributed by atoms with E-state index in [4.69, 9.17) is 0 Å². The molecule has 0 radical (unpaired) electrons. The van der Waals surface area contributed by atoms with Crippen LogP contribution in [0.4, 0.5) is 14.5 Å². The largest absolute Gasteiger partial charge is 0.361 e. The van der Waals surface area contributed by atoms with Gasteiger partial charge in [-0.3, -0.25) is 4.79 Å². The van der Waals surface area contributed by atoms with Crippen molar-refractivity contribution in [2.75, 3.05) is 5.32 Å². The number of para-hydroxylation sites is 2. The second-order valence-electron chi connectivity index (χ2n) is 5.92. The molecule has 0 spiro atoms. The van der Waals surface area contributed by atoms with Crippen LogP contribution in [-0.4, -0.2) is 10.9 Å². The van der Waals surface area contributed by atoms with Gasteiger partial charge in [-0.1, -0.05) is 24.3 Å². The summed E-state index contributed by atoms with van der Waals surface area (Å²) in [6.07, 6.45) is 1.75. The fourth-order valence-corrected chi connectivity index (χ4v) is 2.60. The van der Waals surface area contributed by atoms with Gasteiger partial charge in [0.05, 0.1) is 5.41 Å². The number of halogens is 2. The van der Waals surface area contributed by atoms with Crippen LogP contribution in [0.1, 0.15) is 19.4 Å². The maximum atomic E-state index is 13.7. The van der Waals surface area contributed by atoms with Crippen LogP contribution >= 0.6 is 0 Å². The Morgan fingerprint density at radius 1 is 1.04 bits per heavy atom. The Morgan fingerprint density at radius 3 is 2.39 bits per heavy atom. The molecule has 5 heteroatoms. The number of aromatic amines is 1. The Balaban J connectivity index is 1.97. The number of benzene rings is 2. The Bertz CT molecular complexity index is 863. The summed E-state index contributed by atoms with van der Waals surface area (Å²) < 4.78 is 27.5. The summed E-state index contributed by atoms with van der Waals surface area (Å²) in [7, 11) is 0. The third-order valence-corrected chi connectivity index (χ3v) is 4.03. The highest BCUT2D eigenvalue weighted by Gasteiger charge is 2.33. The summed E-state index contributed by atoms with van der Waals surface area (Å²) in [6.45, 7) is 3.44. The third kappa shape index (κ3) is 2.59. The molecule has 1 heterocycles. The first kappa shape index (κ1) is 15.2. The van der Waals surface area contributed by atoms with Crippen molar-refractivity contribution in [1.29, 1.82) is 0 Å². The quantitative estimate of drug-likeness (QED) is 0.741. The summed E-state index contributed by atoms with van der Waals surface area (Å²) in [5.41, 5.74) is 0.280. The van der Waals surface area contributed by atoms with Gasteiger partial charge >= 0.3 is 0 Å². The molecule has 2 N–H and O–H groups in total. The number of carbonyl (C=O) groups excluding carboxylic acids is 1. The van der Waals surface area contributed by atoms with E-state index in [-0.39, 0.29) is 0 Å². The van der Waals surface area contributed by atoms with Gasteiger partial charge in [0.15, 0.2) is 0 Å². The topological polar surface area (TPSA) is 44.9 Å². The number of H-pyrrole nitrogens is 1. The van der Waals surface area contributed by atoms with E-state index in [1.807, 2.05) is 24.3 Å². The first-order valence-corrected chi connectivity index (χ1v) is 7.23. The van der Waals surface area contributed by atoms with Crippen molar-refractivity contribution < 1.29 is 13.6 Å². The number of rotatable bonds is 3. The zero-order valence-electron chi connectivity index (χ0n) is 12.8. The van der Waals surface area contributed by atoms with E-state index in [1.165, 1.54) is 6.07 Å². The maximum Gasteiger partial charge on any atom is 0.234 e. The smallest absolute Gasteiger partial charge is 0.234 e. The van der Waals surface area contributed by atoms with Gasteiger partial charge in [-0.2, -0.15) is 0 Å². The number of carbonyl (C=O) groups is 1. The van der Waals surface area contributed by atoms with Crippen molar-refractivity contribution in [2.45, 2.75) is 19.3 Å². The van der Waals surface area contributed by atoms with Crippen LogP contribution in [0.3, 0.4) is 0 Å². The highest BCUT2D eigenvalue weighted by atomic mass is 19.1. The number of nitrogens with one attached hydrogen (secondary N) is 2. The van der Waals surface area contributed by atoms with Gasteiger partial charge in [0.1, 0.15) is 17.3 Å². The number of aromatic nitrogens is 1. The number of hydrogen-bond donors (Lipinski definition) is 2. The lowest BCUT2D eigenvalue weighted by molar-refractivity contribution is -0.120. The lowest BCUT2D eigenvalue weighted by Crippen LogP contribution is -2.35. The maximum absolute atomic E-state index is 13.7. The zero-order chi connectivity index (χ0) is 16.6. The molecule has 118 valence electrons. The highest BCUT2D eigenvalue weighted by molar-refractivity contribution is 6.02. The molecule has 23 heavy (non-hydrogen) atoms. The minimum Gasteiger partial charge on any atom is -0.361 e. The van der Waals surface area contributed by atoms with E-state index in [0.717, 1.165) is 28.6 Å². The fourth-order valence-electron chi connectivity index (χ4n) is 2.60. The summed E-state index contributed by atoms with van der Waals surface area (Å²) in [5, 5.41) is 3.27. The van der Waals surface area contributed by atoms with Crippen LogP contribution in [0.15, 0.2) is 48.7 Å². The van der Waals surface area contributed by atoms with Gasteiger partial charge in [-0.15, -0.1) is 0 Å². The molecule has 0 atom stereocenters. The van der Waals surface area contributed by atoms with E-state index in [0.29, 0.717) is 0 Å². The van der Waals surface area contributed by atoms with Crippen molar-refractivity contribution in [3.63, 3.8) is 0 Å². The Labute approximate surface area is 132 Å². The molecule has 0 saturated heterocycles. The molecule has 0 saturated carbocycles. The summed E-state index contributed by atoms with van der Waals surface area (Å²) in [5.74, 6) is -2.08. The highest BCUT2D eigenvalue weighted by Crippen LogP contribution is 2.32. The lowest BCUT2D eigenvalue weighted by atomic mass is 9.83. The molecule has 0 aliphatic heterocycles. The molecule has 0 aliphatic carbocycles. The van der Waals surface area contributed by atoms with Crippen LogP contribution < -0.4 is 5.32 Å². The second-order valence-corrected chi connectivity index (χ2v) is 5.92. The average molecular weight is 314 g/mol. The molecule has 3 aromatic rings. The van der Waals surface area contributed by atoms with Gasteiger partial charge in [0.2, 0.25) is 5.91 Å². The van der Waals surface area contributed by atoms with Gasteiger partial charge < -0.3 is 10.3 Å². The first-order valence-electron chi connectivity index (χ1n) is 7.23. The molecule has 1 aromatic heterocycles. The second kappa shape index (κ2) is 5.50. The molecule has 0 unspecified atom stereocenters. The number of fused-ring (bicyclic) bond motifs is 1. The Kier molecular flexibility index (Phi) is 3.64. The molecule has 3 rings (SSSR count). The Morgan fingerprint density at radius 2 is 1.70 bits per heavy atom. The van der Waals surface area contributed by atoms with Gasteiger partial charge in [0.25, 0.3) is 0 Å². The standard InChI is InChI=1S/C18H16F2N2O/c1-18(2,12-10-21-15-9-4-3-6-11(12)15)17(23)22-16-13(19)7-5-8-14(16)20/h3-10,21H,1-2H3,(H,22,23). The van der Waals surface area contributed by atoms with Gasteiger partial charge in [0, 0.05) is 17.1 Å². The minimum atomic E-state index is -0.964. The lowest BCUT2D eigenvalue weighted by Gasteiger charge is -2.23. The van der Waals surface area contributed by atoms with Crippen molar-refractivity contribution in [2.24, 2.45) is 0 Å². The summed E-state index contributed by atoms with van der Waals surface area (Å²) >= 11 is 0. The number of anilines is 1. The average Bonchev–Trinajstić information content (AvgIpc) is 2.95. The van der Waals surface area contributed by atoms with E-state index in [2.05, 4.69) is 10.3 Å².